The Morgan fingerprint density at radius 3 is 1.77 bits per heavy atom. The van der Waals surface area contributed by atoms with E-state index in [2.05, 4.69) is 6.92 Å². The molecule has 0 amide bonds. The minimum atomic E-state index is -1.67. The largest absolute Gasteiger partial charge is 0.394 e. The van der Waals surface area contributed by atoms with E-state index < -0.39 is 73.8 Å². The Morgan fingerprint density at radius 1 is 0.629 bits per heavy atom. The van der Waals surface area contributed by atoms with E-state index in [4.69, 9.17) is 14.2 Å². The third kappa shape index (κ3) is 9.33. The molecule has 0 spiro atoms. The lowest BCUT2D eigenvalue weighted by atomic mass is 9.97. The van der Waals surface area contributed by atoms with Crippen molar-refractivity contribution in [1.29, 1.82) is 0 Å². The van der Waals surface area contributed by atoms with E-state index in [0.29, 0.717) is 0 Å². The first-order valence-electron chi connectivity index (χ1n) is 13.1. The fourth-order valence-corrected chi connectivity index (χ4v) is 5.66. The van der Waals surface area contributed by atoms with Crippen molar-refractivity contribution in [2.24, 2.45) is 0 Å². The van der Waals surface area contributed by atoms with Crippen LogP contribution in [0.15, 0.2) is 0 Å². The van der Waals surface area contributed by atoms with E-state index in [-0.39, 0.29) is 0 Å². The Bertz CT molecular complexity index is 554. The molecule has 208 valence electrons. The first-order chi connectivity index (χ1) is 16.8. The standard InChI is InChI=1S/C24H46O10S/c1-2-3-4-5-6-7-8-9-10-11-12-35-24-21(31)19(29)22(16(14-26)33-24)34-23-20(30)18(28)17(27)15(13-25)32-23/h15-31H,2-14H2,1H3/t15-,16-,17+,18-,19+,20+,21+,22-,23-,24-/m1/s1. The predicted molar refractivity (Wildman–Crippen MR) is 131 cm³/mol. The van der Waals surface area contributed by atoms with Crippen LogP contribution in [-0.2, 0) is 14.2 Å². The van der Waals surface area contributed by atoms with Crippen molar-refractivity contribution in [2.75, 3.05) is 19.0 Å². The molecular formula is C24H46O10S. The van der Waals surface area contributed by atoms with Gasteiger partial charge in [-0.15, -0.1) is 11.8 Å². The molecular weight excluding hydrogens is 480 g/mol. The van der Waals surface area contributed by atoms with Crippen LogP contribution >= 0.6 is 11.8 Å². The van der Waals surface area contributed by atoms with Gasteiger partial charge in [-0.1, -0.05) is 64.7 Å². The van der Waals surface area contributed by atoms with Crippen LogP contribution in [0.3, 0.4) is 0 Å². The number of thioether (sulfide) groups is 1. The molecule has 2 rings (SSSR count). The summed E-state index contributed by atoms with van der Waals surface area (Å²) in [6.07, 6.45) is -0.352. The van der Waals surface area contributed by atoms with Crippen LogP contribution in [0.4, 0.5) is 0 Å². The second-order valence-corrected chi connectivity index (χ2v) is 10.8. The van der Waals surface area contributed by atoms with Crippen LogP contribution in [0.1, 0.15) is 71.1 Å². The van der Waals surface area contributed by atoms with Gasteiger partial charge in [-0.2, -0.15) is 0 Å². The van der Waals surface area contributed by atoms with Crippen molar-refractivity contribution in [3.05, 3.63) is 0 Å². The smallest absolute Gasteiger partial charge is 0.187 e. The van der Waals surface area contributed by atoms with E-state index in [1.807, 2.05) is 0 Å². The van der Waals surface area contributed by atoms with E-state index in [9.17, 15) is 35.7 Å². The van der Waals surface area contributed by atoms with Crippen molar-refractivity contribution in [2.45, 2.75) is 132 Å². The van der Waals surface area contributed by atoms with Gasteiger partial charge in [0.1, 0.15) is 54.3 Å². The van der Waals surface area contributed by atoms with Crippen LogP contribution in [0, 0.1) is 0 Å². The highest BCUT2D eigenvalue weighted by molar-refractivity contribution is 7.99. The Balaban J connectivity index is 1.74. The first kappa shape index (κ1) is 31.2. The summed E-state index contributed by atoms with van der Waals surface area (Å²) in [5, 5.41) is 70.4. The molecule has 10 nitrogen and oxygen atoms in total. The highest BCUT2D eigenvalue weighted by Gasteiger charge is 2.50. The Labute approximate surface area is 212 Å². The zero-order chi connectivity index (χ0) is 25.8. The molecule has 35 heavy (non-hydrogen) atoms. The average Bonchev–Trinajstić information content (AvgIpc) is 2.86. The van der Waals surface area contributed by atoms with Gasteiger partial charge < -0.3 is 50.0 Å². The maximum Gasteiger partial charge on any atom is 0.187 e. The van der Waals surface area contributed by atoms with E-state index >= 15 is 0 Å². The third-order valence-corrected chi connectivity index (χ3v) is 7.98. The van der Waals surface area contributed by atoms with Gasteiger partial charge in [0.05, 0.1) is 13.2 Å². The van der Waals surface area contributed by atoms with Crippen LogP contribution < -0.4 is 0 Å². The Hall–Kier alpha value is -0.0500. The molecule has 2 aliphatic heterocycles. The van der Waals surface area contributed by atoms with Gasteiger partial charge in [-0.25, -0.2) is 0 Å². The molecule has 0 radical (unpaired) electrons. The number of rotatable bonds is 16. The number of unbranched alkanes of at least 4 members (excludes halogenated alkanes) is 9. The molecule has 11 heteroatoms. The molecule has 0 unspecified atom stereocenters. The third-order valence-electron chi connectivity index (χ3n) is 6.74. The number of aliphatic hydroxyl groups excluding tert-OH is 7. The van der Waals surface area contributed by atoms with E-state index in [0.717, 1.165) is 18.6 Å². The van der Waals surface area contributed by atoms with Gasteiger partial charge in [0.15, 0.2) is 6.29 Å². The highest BCUT2D eigenvalue weighted by atomic mass is 32.2. The first-order valence-corrected chi connectivity index (χ1v) is 14.1. The van der Waals surface area contributed by atoms with E-state index in [1.165, 1.54) is 63.1 Å². The molecule has 2 heterocycles. The molecule has 2 aliphatic rings. The Kier molecular flexibility index (Phi) is 14.9. The second kappa shape index (κ2) is 16.7. The zero-order valence-corrected chi connectivity index (χ0v) is 21.5. The Morgan fingerprint density at radius 2 is 1.20 bits per heavy atom. The average molecular weight is 527 g/mol. The van der Waals surface area contributed by atoms with Crippen LogP contribution in [0.5, 0.6) is 0 Å². The van der Waals surface area contributed by atoms with Gasteiger partial charge in [0.2, 0.25) is 0 Å². The summed E-state index contributed by atoms with van der Waals surface area (Å²) in [5.41, 5.74) is -0.754. The summed E-state index contributed by atoms with van der Waals surface area (Å²) in [5.74, 6) is 0.737. The monoisotopic (exact) mass is 526 g/mol. The van der Waals surface area contributed by atoms with Crippen LogP contribution in [0.25, 0.3) is 0 Å². The van der Waals surface area contributed by atoms with Gasteiger partial charge in [0, 0.05) is 0 Å². The van der Waals surface area contributed by atoms with Gasteiger partial charge in [0.25, 0.3) is 0 Å². The summed E-state index contributed by atoms with van der Waals surface area (Å²) in [6.45, 7) is 1.08. The number of hydrogen-bond donors (Lipinski definition) is 7. The molecule has 0 aromatic carbocycles. The van der Waals surface area contributed by atoms with E-state index in [1.54, 1.807) is 0 Å². The van der Waals surface area contributed by atoms with Crippen LogP contribution in [0.2, 0.25) is 0 Å². The topological polar surface area (TPSA) is 169 Å². The maximum absolute atomic E-state index is 10.7. The molecule has 2 fully saturated rings. The van der Waals surface area contributed by atoms with Gasteiger partial charge in [-0.3, -0.25) is 0 Å². The lowest BCUT2D eigenvalue weighted by molar-refractivity contribution is -0.338. The lowest BCUT2D eigenvalue weighted by Crippen LogP contribution is -2.64. The number of aliphatic hydroxyl groups is 7. The predicted octanol–water partition coefficient (Wildman–Crippen LogP) is 0.265. The normalized spacial score (nSPS) is 38.1. The highest BCUT2D eigenvalue weighted by Crippen LogP contribution is 2.33. The number of hydrogen-bond acceptors (Lipinski definition) is 11. The van der Waals surface area contributed by atoms with Gasteiger partial charge >= 0.3 is 0 Å². The van der Waals surface area contributed by atoms with Crippen molar-refractivity contribution < 1.29 is 50.0 Å². The maximum atomic E-state index is 10.7. The molecule has 2 saturated heterocycles. The summed E-state index contributed by atoms with van der Waals surface area (Å²) < 4.78 is 16.7. The fourth-order valence-electron chi connectivity index (χ4n) is 4.48. The number of ether oxygens (including phenoxy) is 3. The summed E-state index contributed by atoms with van der Waals surface area (Å²) in [7, 11) is 0. The van der Waals surface area contributed by atoms with Crippen molar-refractivity contribution in [3.8, 4) is 0 Å². The molecule has 0 bridgehead atoms. The zero-order valence-electron chi connectivity index (χ0n) is 20.7. The second-order valence-electron chi connectivity index (χ2n) is 9.56. The van der Waals surface area contributed by atoms with Crippen molar-refractivity contribution in [1.82, 2.24) is 0 Å². The fraction of sp³-hybridized carbons (Fsp3) is 1.00. The minimum absolute atomic E-state index is 0.513. The molecule has 10 atom stereocenters. The summed E-state index contributed by atoms with van der Waals surface area (Å²) in [6, 6.07) is 0. The van der Waals surface area contributed by atoms with Crippen molar-refractivity contribution >= 4 is 11.8 Å². The molecule has 0 aliphatic carbocycles. The molecule has 0 saturated carbocycles. The minimum Gasteiger partial charge on any atom is -0.394 e. The summed E-state index contributed by atoms with van der Waals surface area (Å²) in [4.78, 5) is 0. The molecule has 0 aromatic rings. The SMILES string of the molecule is CCCCCCCCCCCCS[C@H]1O[C@H](CO)[C@@H](O[C@H]2O[C@H](CO)[C@H](O)[C@@H](O)[C@@H]2O)[C@@H](O)[C@@H]1O. The van der Waals surface area contributed by atoms with Gasteiger partial charge in [-0.05, 0) is 12.2 Å². The quantitative estimate of drug-likeness (QED) is 0.138. The van der Waals surface area contributed by atoms with Crippen LogP contribution in [-0.4, -0.2) is 115 Å². The lowest BCUT2D eigenvalue weighted by Gasteiger charge is -2.46. The van der Waals surface area contributed by atoms with Crippen molar-refractivity contribution in [3.63, 3.8) is 0 Å². The molecule has 7 N–H and O–H groups in total. The summed E-state index contributed by atoms with van der Waals surface area (Å²) >= 11 is 1.37. The molecule has 0 aromatic heterocycles.